The molecule has 1 fully saturated rings. The molecular weight excluding hydrogens is 324 g/mol. The highest BCUT2D eigenvalue weighted by atomic mass is 79.9. The van der Waals surface area contributed by atoms with Crippen LogP contribution in [0.1, 0.15) is 51.5 Å². The molecule has 1 unspecified atom stereocenters. The van der Waals surface area contributed by atoms with Gasteiger partial charge in [-0.25, -0.2) is 0 Å². The van der Waals surface area contributed by atoms with Crippen molar-refractivity contribution in [3.63, 3.8) is 0 Å². The highest BCUT2D eigenvalue weighted by Gasteiger charge is 2.34. The lowest BCUT2D eigenvalue weighted by atomic mass is 9.83. The number of hydrogen-bond acceptors (Lipinski definition) is 1. The van der Waals surface area contributed by atoms with Crippen LogP contribution in [-0.2, 0) is 6.42 Å². The average Bonchev–Trinajstić information content (AvgIpc) is 2.43. The molecule has 1 aliphatic rings. The van der Waals surface area contributed by atoms with Crippen molar-refractivity contribution < 1.29 is 5.11 Å². The zero-order valence-electron chi connectivity index (χ0n) is 11.7. The van der Waals surface area contributed by atoms with Gasteiger partial charge in [0, 0.05) is 15.9 Å². The molecule has 1 aromatic rings. The zero-order chi connectivity index (χ0) is 14.1. The van der Waals surface area contributed by atoms with E-state index in [0.29, 0.717) is 11.8 Å². The number of halogens is 2. The Morgan fingerprint density at radius 2 is 1.95 bits per heavy atom. The lowest BCUT2D eigenvalue weighted by Gasteiger charge is -2.28. The maximum Gasteiger partial charge on any atom is 0.0688 e. The third-order valence-electron chi connectivity index (χ3n) is 4.30. The zero-order valence-corrected chi connectivity index (χ0v) is 14.0. The van der Waals surface area contributed by atoms with Crippen LogP contribution in [0.3, 0.4) is 0 Å². The van der Waals surface area contributed by atoms with Crippen LogP contribution in [0.2, 0.25) is 5.02 Å². The Balaban J connectivity index is 2.12. The number of benzene rings is 1. The van der Waals surface area contributed by atoms with E-state index in [1.54, 1.807) is 0 Å². The van der Waals surface area contributed by atoms with Crippen molar-refractivity contribution in [2.45, 2.75) is 58.0 Å². The Morgan fingerprint density at radius 1 is 1.21 bits per heavy atom. The second kappa shape index (κ2) is 5.75. The molecule has 0 amide bonds. The van der Waals surface area contributed by atoms with Gasteiger partial charge in [0.05, 0.1) is 5.60 Å². The molecule has 1 atom stereocenters. The van der Waals surface area contributed by atoms with Crippen LogP contribution in [0, 0.1) is 5.41 Å². The summed E-state index contributed by atoms with van der Waals surface area (Å²) in [6.07, 6.45) is 5.78. The van der Waals surface area contributed by atoms with E-state index >= 15 is 0 Å². The Hall–Kier alpha value is -0.0500. The first-order valence-electron chi connectivity index (χ1n) is 6.96. The second-order valence-corrected chi connectivity index (χ2v) is 7.98. The maximum absolute atomic E-state index is 10.9. The fourth-order valence-electron chi connectivity index (χ4n) is 2.91. The SMILES string of the molecule is CC1(C)CCCC(O)(Cc2ccc(Br)cc2Cl)CC1. The van der Waals surface area contributed by atoms with Gasteiger partial charge in [0.1, 0.15) is 0 Å². The summed E-state index contributed by atoms with van der Waals surface area (Å²) in [6, 6.07) is 5.91. The predicted octanol–water partition coefficient (Wildman–Crippen LogP) is 5.37. The first-order chi connectivity index (χ1) is 8.80. The van der Waals surface area contributed by atoms with Gasteiger partial charge < -0.3 is 5.11 Å². The van der Waals surface area contributed by atoms with Crippen LogP contribution >= 0.6 is 27.5 Å². The summed E-state index contributed by atoms with van der Waals surface area (Å²) in [6.45, 7) is 4.59. The summed E-state index contributed by atoms with van der Waals surface area (Å²) in [5, 5.41) is 11.6. The van der Waals surface area contributed by atoms with E-state index in [1.165, 1.54) is 6.42 Å². The van der Waals surface area contributed by atoms with E-state index in [0.717, 1.165) is 40.7 Å². The highest BCUT2D eigenvalue weighted by Crippen LogP contribution is 2.40. The van der Waals surface area contributed by atoms with Gasteiger partial charge in [0.15, 0.2) is 0 Å². The van der Waals surface area contributed by atoms with Crippen molar-refractivity contribution in [2.75, 3.05) is 0 Å². The van der Waals surface area contributed by atoms with Gasteiger partial charge in [-0.3, -0.25) is 0 Å². The van der Waals surface area contributed by atoms with Crippen molar-refractivity contribution in [2.24, 2.45) is 5.41 Å². The lowest BCUT2D eigenvalue weighted by Crippen LogP contribution is -2.31. The fraction of sp³-hybridized carbons (Fsp3) is 0.625. The molecule has 1 aromatic carbocycles. The summed E-state index contributed by atoms with van der Waals surface area (Å²) in [7, 11) is 0. The van der Waals surface area contributed by atoms with Gasteiger partial charge in [0.25, 0.3) is 0 Å². The summed E-state index contributed by atoms with van der Waals surface area (Å²) >= 11 is 9.68. The molecule has 19 heavy (non-hydrogen) atoms. The minimum Gasteiger partial charge on any atom is -0.390 e. The molecule has 0 bridgehead atoms. The third-order valence-corrected chi connectivity index (χ3v) is 5.14. The standard InChI is InChI=1S/C16H22BrClO/c1-15(2)6-3-7-16(19,9-8-15)11-12-4-5-13(17)10-14(12)18/h4-5,10,19H,3,6-9,11H2,1-2H3. The Kier molecular flexibility index (Phi) is 4.64. The Bertz CT molecular complexity index is 458. The molecule has 0 spiro atoms. The molecule has 0 saturated heterocycles. The van der Waals surface area contributed by atoms with Crippen molar-refractivity contribution in [1.29, 1.82) is 0 Å². The van der Waals surface area contributed by atoms with Crippen molar-refractivity contribution in [1.82, 2.24) is 0 Å². The summed E-state index contributed by atoms with van der Waals surface area (Å²) in [5.74, 6) is 0. The largest absolute Gasteiger partial charge is 0.390 e. The molecule has 1 N–H and O–H groups in total. The van der Waals surface area contributed by atoms with Crippen molar-refractivity contribution in [3.05, 3.63) is 33.3 Å². The van der Waals surface area contributed by atoms with E-state index in [2.05, 4.69) is 29.8 Å². The molecule has 0 aliphatic heterocycles. The van der Waals surface area contributed by atoms with Gasteiger partial charge >= 0.3 is 0 Å². The molecule has 0 aromatic heterocycles. The molecule has 106 valence electrons. The van der Waals surface area contributed by atoms with Crippen molar-refractivity contribution >= 4 is 27.5 Å². The van der Waals surface area contributed by atoms with Crippen LogP contribution in [0.15, 0.2) is 22.7 Å². The molecule has 3 heteroatoms. The van der Waals surface area contributed by atoms with E-state index in [1.807, 2.05) is 18.2 Å². The maximum atomic E-state index is 10.9. The Labute approximate surface area is 129 Å². The summed E-state index contributed by atoms with van der Waals surface area (Å²) in [5.41, 5.74) is 0.811. The van der Waals surface area contributed by atoms with Crippen LogP contribution < -0.4 is 0 Å². The number of rotatable bonds is 2. The average molecular weight is 346 g/mol. The van der Waals surface area contributed by atoms with E-state index < -0.39 is 5.60 Å². The number of aliphatic hydroxyl groups is 1. The minimum absolute atomic E-state index is 0.355. The van der Waals surface area contributed by atoms with Gasteiger partial charge in [-0.2, -0.15) is 0 Å². The molecule has 2 rings (SSSR count). The van der Waals surface area contributed by atoms with Crippen molar-refractivity contribution in [3.8, 4) is 0 Å². The monoisotopic (exact) mass is 344 g/mol. The number of hydrogen-bond donors (Lipinski definition) is 1. The van der Waals surface area contributed by atoms with Gasteiger partial charge in [-0.05, 0) is 48.8 Å². The molecule has 0 radical (unpaired) electrons. The predicted molar refractivity (Wildman–Crippen MR) is 84.7 cm³/mol. The molecule has 1 aliphatic carbocycles. The topological polar surface area (TPSA) is 20.2 Å². The quantitative estimate of drug-likeness (QED) is 0.715. The van der Waals surface area contributed by atoms with E-state index in [9.17, 15) is 5.11 Å². The van der Waals surface area contributed by atoms with Crippen LogP contribution in [-0.4, -0.2) is 10.7 Å². The van der Waals surface area contributed by atoms with Crippen LogP contribution in [0.4, 0.5) is 0 Å². The minimum atomic E-state index is -0.592. The van der Waals surface area contributed by atoms with Gasteiger partial charge in [-0.1, -0.05) is 53.9 Å². The smallest absolute Gasteiger partial charge is 0.0688 e. The Morgan fingerprint density at radius 3 is 2.63 bits per heavy atom. The molecule has 1 saturated carbocycles. The van der Waals surface area contributed by atoms with Gasteiger partial charge in [0.2, 0.25) is 0 Å². The molecular formula is C16H22BrClO. The van der Waals surface area contributed by atoms with Crippen LogP contribution in [0.5, 0.6) is 0 Å². The second-order valence-electron chi connectivity index (χ2n) is 6.65. The summed E-state index contributed by atoms with van der Waals surface area (Å²) < 4.78 is 0.982. The third kappa shape index (κ3) is 4.21. The van der Waals surface area contributed by atoms with Crippen LogP contribution in [0.25, 0.3) is 0 Å². The highest BCUT2D eigenvalue weighted by molar-refractivity contribution is 9.10. The first kappa shape index (κ1) is 15.3. The first-order valence-corrected chi connectivity index (χ1v) is 8.13. The normalized spacial score (nSPS) is 27.0. The molecule has 1 nitrogen and oxygen atoms in total. The molecule has 0 heterocycles. The lowest BCUT2D eigenvalue weighted by molar-refractivity contribution is 0.0226. The van der Waals surface area contributed by atoms with E-state index in [4.69, 9.17) is 11.6 Å². The van der Waals surface area contributed by atoms with Gasteiger partial charge in [-0.15, -0.1) is 0 Å². The van der Waals surface area contributed by atoms with E-state index in [-0.39, 0.29) is 0 Å². The fourth-order valence-corrected chi connectivity index (χ4v) is 3.65. The summed E-state index contributed by atoms with van der Waals surface area (Å²) in [4.78, 5) is 0.